The predicted molar refractivity (Wildman–Crippen MR) is 77.5 cm³/mol. The Balaban J connectivity index is 1.89. The molecule has 1 saturated heterocycles. The number of carbonyl (C=O) groups is 1. The Morgan fingerprint density at radius 3 is 2.75 bits per heavy atom. The lowest BCUT2D eigenvalue weighted by molar-refractivity contribution is 0.0701. The van der Waals surface area contributed by atoms with Gasteiger partial charge in [-0.05, 0) is 32.2 Å². The number of nitrogens with one attached hydrogen (secondary N) is 1. The number of aromatic nitrogens is 3. The molecule has 1 fully saturated rings. The molecule has 2 heterocycles. The van der Waals surface area contributed by atoms with Crippen molar-refractivity contribution >= 4 is 5.91 Å². The fourth-order valence-electron chi connectivity index (χ4n) is 2.43. The van der Waals surface area contributed by atoms with Gasteiger partial charge < -0.3 is 10.2 Å². The van der Waals surface area contributed by atoms with Gasteiger partial charge in [0.25, 0.3) is 5.91 Å². The summed E-state index contributed by atoms with van der Waals surface area (Å²) >= 11 is 0. The number of amides is 1. The lowest BCUT2D eigenvalue weighted by Gasteiger charge is -2.31. The molecule has 0 aromatic carbocycles. The van der Waals surface area contributed by atoms with Crippen molar-refractivity contribution in [3.05, 3.63) is 11.9 Å². The molecule has 2 rings (SSSR count). The van der Waals surface area contributed by atoms with Gasteiger partial charge in [-0.2, -0.15) is 0 Å². The molecule has 0 radical (unpaired) electrons. The molecule has 0 saturated carbocycles. The Bertz CT molecular complexity index is 435. The molecule has 20 heavy (non-hydrogen) atoms. The van der Waals surface area contributed by atoms with Crippen molar-refractivity contribution in [3.8, 4) is 0 Å². The topological polar surface area (TPSA) is 63.1 Å². The molecule has 1 aromatic rings. The van der Waals surface area contributed by atoms with Gasteiger partial charge >= 0.3 is 0 Å². The van der Waals surface area contributed by atoms with Gasteiger partial charge in [0.2, 0.25) is 0 Å². The van der Waals surface area contributed by atoms with Crippen LogP contribution in [-0.2, 0) is 6.54 Å². The van der Waals surface area contributed by atoms with Crippen molar-refractivity contribution in [1.82, 2.24) is 25.2 Å². The quantitative estimate of drug-likeness (QED) is 0.878. The van der Waals surface area contributed by atoms with Crippen LogP contribution in [0.25, 0.3) is 0 Å². The van der Waals surface area contributed by atoms with E-state index in [0.29, 0.717) is 17.7 Å². The zero-order valence-corrected chi connectivity index (χ0v) is 12.7. The lowest BCUT2D eigenvalue weighted by atomic mass is 10.1. The highest BCUT2D eigenvalue weighted by Crippen LogP contribution is 2.12. The van der Waals surface area contributed by atoms with Crippen LogP contribution in [0.2, 0.25) is 0 Å². The molecule has 0 bridgehead atoms. The third kappa shape index (κ3) is 3.79. The van der Waals surface area contributed by atoms with Crippen LogP contribution in [-0.4, -0.2) is 52.0 Å². The molecule has 0 spiro atoms. The summed E-state index contributed by atoms with van der Waals surface area (Å²) in [7, 11) is 1.97. The van der Waals surface area contributed by atoms with Gasteiger partial charge in [-0.15, -0.1) is 5.10 Å². The normalized spacial score (nSPS) is 16.9. The number of hydrogen-bond donors (Lipinski definition) is 1. The number of nitrogens with zero attached hydrogens (tertiary/aromatic N) is 4. The Hall–Kier alpha value is -1.43. The third-order valence-electron chi connectivity index (χ3n) is 3.88. The van der Waals surface area contributed by atoms with E-state index in [4.69, 9.17) is 0 Å². The highest BCUT2D eigenvalue weighted by atomic mass is 16.2. The van der Waals surface area contributed by atoms with E-state index in [2.05, 4.69) is 29.5 Å². The molecule has 0 unspecified atom stereocenters. The Labute approximate surface area is 120 Å². The van der Waals surface area contributed by atoms with E-state index in [-0.39, 0.29) is 5.91 Å². The molecule has 0 aliphatic carbocycles. The summed E-state index contributed by atoms with van der Waals surface area (Å²) in [5.41, 5.74) is 0.469. The summed E-state index contributed by atoms with van der Waals surface area (Å²) in [4.78, 5) is 14.2. The Morgan fingerprint density at radius 1 is 1.45 bits per heavy atom. The molecule has 1 amide bonds. The maximum absolute atomic E-state index is 12.3. The maximum atomic E-state index is 12.3. The SMILES string of the molecule is CNC1CCN(C(=O)c2cn(CCC(C)C)nn2)CC1. The number of rotatable bonds is 5. The number of likely N-dealkylation sites (tertiary alicyclic amines) is 1. The summed E-state index contributed by atoms with van der Waals surface area (Å²) < 4.78 is 1.77. The standard InChI is InChI=1S/C14H25N5O/c1-11(2)4-9-19-10-13(16-17-19)14(20)18-7-5-12(15-3)6-8-18/h10-12,15H,4-9H2,1-3H3. The van der Waals surface area contributed by atoms with E-state index in [1.807, 2.05) is 11.9 Å². The molecule has 1 aromatic heterocycles. The minimum atomic E-state index is 0.00958. The second kappa shape index (κ2) is 6.83. The average Bonchev–Trinajstić information content (AvgIpc) is 2.93. The van der Waals surface area contributed by atoms with Crippen LogP contribution >= 0.6 is 0 Å². The number of piperidine rings is 1. The van der Waals surface area contributed by atoms with Crippen molar-refractivity contribution in [2.75, 3.05) is 20.1 Å². The van der Waals surface area contributed by atoms with Crippen molar-refractivity contribution in [2.45, 2.75) is 45.7 Å². The predicted octanol–water partition coefficient (Wildman–Crippen LogP) is 1.15. The third-order valence-corrected chi connectivity index (χ3v) is 3.88. The summed E-state index contributed by atoms with van der Waals surface area (Å²) in [6, 6.07) is 0.528. The van der Waals surface area contributed by atoms with E-state index < -0.39 is 0 Å². The zero-order chi connectivity index (χ0) is 14.5. The van der Waals surface area contributed by atoms with Crippen LogP contribution in [0, 0.1) is 5.92 Å². The highest BCUT2D eigenvalue weighted by Gasteiger charge is 2.24. The van der Waals surface area contributed by atoms with Gasteiger partial charge in [0, 0.05) is 25.7 Å². The zero-order valence-electron chi connectivity index (χ0n) is 12.7. The summed E-state index contributed by atoms with van der Waals surface area (Å²) in [6.45, 7) is 6.76. The molecule has 112 valence electrons. The first-order valence-electron chi connectivity index (χ1n) is 7.47. The van der Waals surface area contributed by atoms with Crippen LogP contribution in [0.5, 0.6) is 0 Å². The highest BCUT2D eigenvalue weighted by molar-refractivity contribution is 5.91. The van der Waals surface area contributed by atoms with Crippen LogP contribution in [0.3, 0.4) is 0 Å². The fourth-order valence-corrected chi connectivity index (χ4v) is 2.43. The first-order chi connectivity index (χ1) is 9.60. The van der Waals surface area contributed by atoms with Gasteiger partial charge in [-0.1, -0.05) is 19.1 Å². The van der Waals surface area contributed by atoms with Crippen molar-refractivity contribution in [1.29, 1.82) is 0 Å². The molecular weight excluding hydrogens is 254 g/mol. The van der Waals surface area contributed by atoms with Crippen molar-refractivity contribution < 1.29 is 4.79 Å². The minimum Gasteiger partial charge on any atom is -0.337 e. The molecule has 6 nitrogen and oxygen atoms in total. The first kappa shape index (κ1) is 15.0. The van der Waals surface area contributed by atoms with Crippen LogP contribution in [0.15, 0.2) is 6.20 Å². The second-order valence-electron chi connectivity index (χ2n) is 5.90. The largest absolute Gasteiger partial charge is 0.337 e. The van der Waals surface area contributed by atoms with Gasteiger partial charge in [0.1, 0.15) is 0 Å². The minimum absolute atomic E-state index is 0.00958. The van der Waals surface area contributed by atoms with Gasteiger partial charge in [-0.25, -0.2) is 0 Å². The number of carbonyl (C=O) groups excluding carboxylic acids is 1. The van der Waals surface area contributed by atoms with Crippen LogP contribution < -0.4 is 5.32 Å². The van der Waals surface area contributed by atoms with E-state index in [0.717, 1.165) is 38.9 Å². The van der Waals surface area contributed by atoms with E-state index in [9.17, 15) is 4.79 Å². The lowest BCUT2D eigenvalue weighted by Crippen LogP contribution is -2.44. The Kier molecular flexibility index (Phi) is 5.11. The smallest absolute Gasteiger partial charge is 0.276 e. The molecular formula is C14H25N5O. The number of aryl methyl sites for hydroxylation is 1. The average molecular weight is 279 g/mol. The maximum Gasteiger partial charge on any atom is 0.276 e. The fraction of sp³-hybridized carbons (Fsp3) is 0.786. The monoisotopic (exact) mass is 279 g/mol. The van der Waals surface area contributed by atoms with Gasteiger partial charge in [0.05, 0.1) is 6.20 Å². The van der Waals surface area contributed by atoms with Crippen molar-refractivity contribution in [2.24, 2.45) is 5.92 Å². The molecule has 1 aliphatic rings. The molecule has 0 atom stereocenters. The Morgan fingerprint density at radius 2 is 2.15 bits per heavy atom. The van der Waals surface area contributed by atoms with Crippen molar-refractivity contribution in [3.63, 3.8) is 0 Å². The molecule has 1 aliphatic heterocycles. The van der Waals surface area contributed by atoms with Crippen LogP contribution in [0.4, 0.5) is 0 Å². The van der Waals surface area contributed by atoms with E-state index >= 15 is 0 Å². The molecule has 6 heteroatoms. The van der Waals surface area contributed by atoms with Gasteiger partial charge in [-0.3, -0.25) is 9.48 Å². The summed E-state index contributed by atoms with van der Waals surface area (Å²) in [5.74, 6) is 0.634. The van der Waals surface area contributed by atoms with Gasteiger partial charge in [0.15, 0.2) is 5.69 Å². The summed E-state index contributed by atoms with van der Waals surface area (Å²) in [6.07, 6.45) is 4.83. The second-order valence-corrected chi connectivity index (χ2v) is 5.90. The van der Waals surface area contributed by atoms with E-state index in [1.54, 1.807) is 10.9 Å². The molecule has 1 N–H and O–H groups in total. The number of hydrogen-bond acceptors (Lipinski definition) is 4. The first-order valence-corrected chi connectivity index (χ1v) is 7.47. The van der Waals surface area contributed by atoms with E-state index in [1.165, 1.54) is 0 Å². The van der Waals surface area contributed by atoms with Crippen LogP contribution in [0.1, 0.15) is 43.6 Å². The summed E-state index contributed by atoms with van der Waals surface area (Å²) in [5, 5.41) is 11.3.